The quantitative estimate of drug-likeness (QED) is 0.606. The van der Waals surface area contributed by atoms with Gasteiger partial charge in [-0.2, -0.15) is 8.78 Å². The van der Waals surface area contributed by atoms with Gasteiger partial charge in [0.05, 0.1) is 18.7 Å². The van der Waals surface area contributed by atoms with Crippen LogP contribution in [0.3, 0.4) is 0 Å². The summed E-state index contributed by atoms with van der Waals surface area (Å²) in [7, 11) is 0. The van der Waals surface area contributed by atoms with Gasteiger partial charge in [-0.25, -0.2) is 15.0 Å². The highest BCUT2D eigenvalue weighted by atomic mass is 19.3. The zero-order valence-corrected chi connectivity index (χ0v) is 13.3. The highest BCUT2D eigenvalue weighted by Crippen LogP contribution is 2.23. The van der Waals surface area contributed by atoms with Gasteiger partial charge in [0.15, 0.2) is 0 Å². The number of aromatic nitrogens is 4. The molecule has 0 aliphatic rings. The number of hydroxylamine groups is 1. The highest BCUT2D eigenvalue weighted by Gasteiger charge is 2.18. The third-order valence-electron chi connectivity index (χ3n) is 3.19. The van der Waals surface area contributed by atoms with Crippen LogP contribution in [0, 0.1) is 0 Å². The van der Waals surface area contributed by atoms with Gasteiger partial charge >= 0.3 is 6.43 Å². The van der Waals surface area contributed by atoms with E-state index in [-0.39, 0.29) is 5.89 Å². The normalized spacial score (nSPS) is 11.0. The lowest BCUT2D eigenvalue weighted by atomic mass is 10.2. The van der Waals surface area contributed by atoms with Crippen molar-refractivity contribution in [2.75, 3.05) is 11.7 Å². The second-order valence-electron chi connectivity index (χ2n) is 4.96. The van der Waals surface area contributed by atoms with Gasteiger partial charge in [0, 0.05) is 12.4 Å². The summed E-state index contributed by atoms with van der Waals surface area (Å²) in [5.41, 5.74) is 1.38. The fraction of sp³-hybridized carbons (Fsp3) is 0.250. The maximum atomic E-state index is 12.5. The molecule has 0 radical (unpaired) electrons. The molecule has 0 fully saturated rings. The fourth-order valence-corrected chi connectivity index (χ4v) is 2.08. The van der Waals surface area contributed by atoms with E-state index in [4.69, 9.17) is 9.25 Å². The van der Waals surface area contributed by atoms with Crippen LogP contribution in [0.4, 0.5) is 14.7 Å². The van der Waals surface area contributed by atoms with E-state index in [1.165, 1.54) is 12.4 Å². The van der Waals surface area contributed by atoms with Crippen molar-refractivity contribution in [3.63, 3.8) is 0 Å². The minimum absolute atomic E-state index is 0.0622. The largest absolute Gasteiger partial charge is 0.415 e. The average molecular weight is 347 g/mol. The summed E-state index contributed by atoms with van der Waals surface area (Å²) in [6.45, 7) is 2.76. The average Bonchev–Trinajstić information content (AvgIpc) is 3.13. The lowest BCUT2D eigenvalue weighted by molar-refractivity contribution is 0.112. The lowest BCUT2D eigenvalue weighted by Gasteiger charge is -2.21. The Kier molecular flexibility index (Phi) is 5.24. The van der Waals surface area contributed by atoms with E-state index in [9.17, 15) is 8.78 Å². The van der Waals surface area contributed by atoms with Crippen LogP contribution in [0.2, 0.25) is 0 Å². The van der Waals surface area contributed by atoms with Gasteiger partial charge in [-0.15, -0.1) is 10.2 Å². The first kappa shape index (κ1) is 16.9. The van der Waals surface area contributed by atoms with Crippen molar-refractivity contribution in [1.82, 2.24) is 20.2 Å². The van der Waals surface area contributed by atoms with Crippen molar-refractivity contribution in [2.45, 2.75) is 19.9 Å². The third kappa shape index (κ3) is 4.13. The van der Waals surface area contributed by atoms with Gasteiger partial charge in [-0.3, -0.25) is 4.84 Å². The smallest absolute Gasteiger partial charge is 0.314 e. The molecule has 2 aromatic heterocycles. The minimum atomic E-state index is -2.82. The number of hydrogen-bond donors (Lipinski definition) is 0. The minimum Gasteiger partial charge on any atom is -0.415 e. The van der Waals surface area contributed by atoms with Crippen molar-refractivity contribution in [3.8, 4) is 11.5 Å². The van der Waals surface area contributed by atoms with Gasteiger partial charge in [-0.05, 0) is 12.5 Å². The number of alkyl halides is 2. The van der Waals surface area contributed by atoms with Crippen LogP contribution < -0.4 is 5.06 Å². The molecule has 0 saturated carbocycles. The van der Waals surface area contributed by atoms with Crippen molar-refractivity contribution in [2.24, 2.45) is 0 Å². The van der Waals surface area contributed by atoms with Crippen LogP contribution in [-0.2, 0) is 11.4 Å². The second-order valence-corrected chi connectivity index (χ2v) is 4.96. The van der Waals surface area contributed by atoms with Crippen LogP contribution in [0.25, 0.3) is 11.5 Å². The van der Waals surface area contributed by atoms with E-state index in [0.717, 1.165) is 5.56 Å². The number of benzene rings is 1. The summed E-state index contributed by atoms with van der Waals surface area (Å²) in [6, 6.07) is 9.71. The standard InChI is InChI=1S/C16H15F2N5O2/c1-2-24-23(10-11-6-4-3-5-7-11)16-19-8-12(9-20-16)14-21-22-15(25-14)13(17)18/h3-9,13H,2,10H2,1H3. The maximum Gasteiger partial charge on any atom is 0.314 e. The van der Waals surface area contributed by atoms with Gasteiger partial charge in [0.2, 0.25) is 5.95 Å². The zero-order valence-electron chi connectivity index (χ0n) is 13.3. The number of halogens is 2. The molecular formula is C16H15F2N5O2. The topological polar surface area (TPSA) is 77.2 Å². The third-order valence-corrected chi connectivity index (χ3v) is 3.19. The van der Waals surface area contributed by atoms with Crippen molar-refractivity contribution >= 4 is 5.95 Å². The van der Waals surface area contributed by atoms with Gasteiger partial charge < -0.3 is 4.42 Å². The summed E-state index contributed by atoms with van der Waals surface area (Å²) in [5, 5.41) is 8.40. The molecule has 0 unspecified atom stereocenters. The molecule has 3 aromatic rings. The van der Waals surface area contributed by atoms with Crippen molar-refractivity contribution in [3.05, 3.63) is 54.2 Å². The van der Waals surface area contributed by atoms with Crippen LogP contribution in [0.15, 0.2) is 47.1 Å². The Morgan fingerprint density at radius 1 is 1.12 bits per heavy atom. The Bertz CT molecular complexity index is 796. The van der Waals surface area contributed by atoms with Crippen LogP contribution in [0.1, 0.15) is 24.8 Å². The first-order valence-corrected chi connectivity index (χ1v) is 7.55. The molecule has 0 bridgehead atoms. The summed E-state index contributed by atoms with van der Waals surface area (Å²) < 4.78 is 29.9. The van der Waals surface area contributed by atoms with Crippen LogP contribution >= 0.6 is 0 Å². The van der Waals surface area contributed by atoms with E-state index in [2.05, 4.69) is 20.2 Å². The molecule has 130 valence electrons. The molecule has 1 aromatic carbocycles. The Hall–Kier alpha value is -2.94. The molecule has 0 spiro atoms. The summed E-state index contributed by atoms with van der Waals surface area (Å²) in [4.78, 5) is 14.0. The Labute approximate surface area is 142 Å². The van der Waals surface area contributed by atoms with E-state index >= 15 is 0 Å². The number of anilines is 1. The molecule has 3 rings (SSSR count). The van der Waals surface area contributed by atoms with E-state index < -0.39 is 12.3 Å². The highest BCUT2D eigenvalue weighted by molar-refractivity contribution is 5.50. The van der Waals surface area contributed by atoms with Gasteiger partial charge in [0.25, 0.3) is 11.8 Å². The monoisotopic (exact) mass is 347 g/mol. The molecule has 25 heavy (non-hydrogen) atoms. The van der Waals surface area contributed by atoms with Crippen LogP contribution in [-0.4, -0.2) is 26.8 Å². The molecule has 0 N–H and O–H groups in total. The van der Waals surface area contributed by atoms with Crippen LogP contribution in [0.5, 0.6) is 0 Å². The van der Waals surface area contributed by atoms with E-state index in [1.807, 2.05) is 37.3 Å². The molecule has 0 amide bonds. The predicted octanol–water partition coefficient (Wildman–Crippen LogP) is 3.42. The molecule has 0 saturated heterocycles. The molecule has 0 atom stereocenters. The van der Waals surface area contributed by atoms with Gasteiger partial charge in [0.1, 0.15) is 0 Å². The fourth-order valence-electron chi connectivity index (χ4n) is 2.08. The molecule has 0 aliphatic carbocycles. The number of hydrogen-bond acceptors (Lipinski definition) is 7. The second kappa shape index (κ2) is 7.75. The van der Waals surface area contributed by atoms with Crippen molar-refractivity contribution in [1.29, 1.82) is 0 Å². The summed E-state index contributed by atoms with van der Waals surface area (Å²) >= 11 is 0. The number of nitrogens with zero attached hydrogens (tertiary/aromatic N) is 5. The molecule has 9 heteroatoms. The first-order valence-electron chi connectivity index (χ1n) is 7.55. The summed E-state index contributed by atoms with van der Waals surface area (Å²) in [6.07, 6.45) is 0.0188. The summed E-state index contributed by atoms with van der Waals surface area (Å²) in [5.74, 6) is -0.463. The molecule has 0 aliphatic heterocycles. The Balaban J connectivity index is 1.78. The molecular weight excluding hydrogens is 332 g/mol. The van der Waals surface area contributed by atoms with E-state index in [0.29, 0.717) is 24.7 Å². The predicted molar refractivity (Wildman–Crippen MR) is 84.5 cm³/mol. The molecule has 2 heterocycles. The van der Waals surface area contributed by atoms with Gasteiger partial charge in [-0.1, -0.05) is 30.3 Å². The SMILES string of the molecule is CCON(Cc1ccccc1)c1ncc(-c2nnc(C(F)F)o2)cn1. The molecule has 7 nitrogen and oxygen atoms in total. The van der Waals surface area contributed by atoms with Crippen molar-refractivity contribution < 1.29 is 18.0 Å². The Morgan fingerprint density at radius 3 is 2.44 bits per heavy atom. The lowest BCUT2D eigenvalue weighted by Crippen LogP contribution is -2.25. The first-order chi connectivity index (χ1) is 12.2. The zero-order chi connectivity index (χ0) is 17.6. The van der Waals surface area contributed by atoms with E-state index in [1.54, 1.807) is 5.06 Å². The Morgan fingerprint density at radius 2 is 1.84 bits per heavy atom. The number of rotatable bonds is 7. The maximum absolute atomic E-state index is 12.5.